The molecule has 52 heavy (non-hydrogen) atoms. The molecule has 2 heterocycles. The molecule has 6 aromatic rings. The summed E-state index contributed by atoms with van der Waals surface area (Å²) in [4.78, 5) is 0. The second-order valence-electron chi connectivity index (χ2n) is 14.3. The maximum absolute atomic E-state index is 6.31. The van der Waals surface area contributed by atoms with Crippen molar-refractivity contribution in [3.8, 4) is 22.3 Å². The first-order chi connectivity index (χ1) is 25.1. The van der Waals surface area contributed by atoms with Crippen LogP contribution in [0.2, 0.25) is 12.1 Å². The quantitative estimate of drug-likeness (QED) is 0.143. The third-order valence-corrected chi connectivity index (χ3v) is 11.9. The van der Waals surface area contributed by atoms with Gasteiger partial charge >= 0.3 is 37.9 Å². The third kappa shape index (κ3) is 7.64. The Hall–Kier alpha value is -3.40. The van der Waals surface area contributed by atoms with Crippen LogP contribution in [0.25, 0.3) is 45.6 Å². The second-order valence-corrected chi connectivity index (χ2v) is 19.6. The van der Waals surface area contributed by atoms with Crippen molar-refractivity contribution in [3.05, 3.63) is 165 Å². The van der Waals surface area contributed by atoms with E-state index >= 15 is 0 Å². The Morgan fingerprint density at radius 2 is 0.923 bits per heavy atom. The summed E-state index contributed by atoms with van der Waals surface area (Å²) in [6.45, 7) is 12.9. The van der Waals surface area contributed by atoms with E-state index in [0.717, 1.165) is 35.1 Å². The van der Waals surface area contributed by atoms with Crippen LogP contribution in [-0.4, -0.2) is 9.52 Å². The number of fused-ring (bicyclic) bond motifs is 2. The Balaban J connectivity index is 0.00000136. The normalized spacial score (nSPS) is 15.8. The number of hydrogen-bond donors (Lipinski definition) is 0. The van der Waals surface area contributed by atoms with Crippen molar-refractivity contribution in [2.45, 2.75) is 65.5 Å². The number of benzene rings is 4. The van der Waals surface area contributed by atoms with Crippen LogP contribution in [-0.2, 0) is 20.8 Å². The molecule has 0 bridgehead atoms. The third-order valence-electron chi connectivity index (χ3n) is 10.3. The van der Waals surface area contributed by atoms with Gasteiger partial charge in [-0.1, -0.05) is 107 Å². The zero-order valence-electron chi connectivity index (χ0n) is 30.6. The monoisotopic (exact) mass is 815 g/mol. The topological polar surface area (TPSA) is 26.3 Å². The van der Waals surface area contributed by atoms with Gasteiger partial charge in [0.05, 0.1) is 0 Å². The summed E-state index contributed by atoms with van der Waals surface area (Å²) < 4.78 is 12.6. The average Bonchev–Trinajstić information content (AvgIpc) is 3.89. The minimum atomic E-state index is -0.826. The zero-order chi connectivity index (χ0) is 36.5. The average molecular weight is 818 g/mol. The Bertz CT molecular complexity index is 2130. The molecule has 2 aliphatic rings. The van der Waals surface area contributed by atoms with Crippen molar-refractivity contribution in [3.63, 3.8) is 0 Å². The van der Waals surface area contributed by atoms with Gasteiger partial charge in [-0.3, -0.25) is 0 Å². The van der Waals surface area contributed by atoms with Gasteiger partial charge < -0.3 is 8.83 Å². The molecular weight excluding hydrogens is 775 g/mol. The number of hydrogen-bond acceptors (Lipinski definition) is 2. The van der Waals surface area contributed by atoms with Crippen molar-refractivity contribution in [2.24, 2.45) is 0 Å². The summed E-state index contributed by atoms with van der Waals surface area (Å²) >= 11 is -0.826. The van der Waals surface area contributed by atoms with Crippen LogP contribution < -0.4 is 0 Å². The molecule has 261 valence electrons. The Morgan fingerprint density at radius 3 is 1.27 bits per heavy atom. The van der Waals surface area contributed by atoms with Gasteiger partial charge in [-0.25, -0.2) is 0 Å². The van der Waals surface area contributed by atoms with E-state index in [9.17, 15) is 0 Å². The number of aryl methyl sites for hydroxylation is 6. The first kappa shape index (κ1) is 36.9. The van der Waals surface area contributed by atoms with Gasteiger partial charge in [0, 0.05) is 32.5 Å². The molecule has 2 aromatic heterocycles. The Kier molecular flexibility index (Phi) is 11.3. The molecule has 0 amide bonds. The van der Waals surface area contributed by atoms with Crippen LogP contribution in [0, 0.1) is 41.5 Å². The summed E-state index contributed by atoms with van der Waals surface area (Å²) in [5.41, 5.74) is 18.6. The molecule has 2 unspecified atom stereocenters. The molecule has 0 saturated heterocycles. The van der Waals surface area contributed by atoms with E-state index < -0.39 is 20.8 Å². The van der Waals surface area contributed by atoms with Crippen molar-refractivity contribution in [1.29, 1.82) is 0 Å². The van der Waals surface area contributed by atoms with E-state index in [1.165, 1.54) is 77.9 Å². The van der Waals surface area contributed by atoms with E-state index in [2.05, 4.69) is 137 Å². The van der Waals surface area contributed by atoms with Crippen LogP contribution in [0.4, 0.5) is 0 Å². The van der Waals surface area contributed by atoms with Crippen LogP contribution in [0.5, 0.6) is 0 Å². The first-order valence-corrected chi connectivity index (χ1v) is 25.9. The van der Waals surface area contributed by atoms with Crippen LogP contribution >= 0.6 is 17.0 Å². The molecule has 0 spiro atoms. The summed E-state index contributed by atoms with van der Waals surface area (Å²) in [6.07, 6.45) is 4.84. The molecular formula is C46H43Cl2O2SiZr. The minimum absolute atomic E-state index is 0.113. The fourth-order valence-electron chi connectivity index (χ4n) is 8.31. The summed E-state index contributed by atoms with van der Waals surface area (Å²) in [6, 6.07) is 38.3. The molecule has 0 saturated carbocycles. The van der Waals surface area contributed by atoms with E-state index in [-0.39, 0.29) is 9.52 Å². The molecule has 1 radical (unpaired) electrons. The van der Waals surface area contributed by atoms with Gasteiger partial charge in [-0.2, -0.15) is 0 Å². The Labute approximate surface area is 329 Å². The van der Waals surface area contributed by atoms with E-state index in [4.69, 9.17) is 25.9 Å². The molecule has 4 aromatic carbocycles. The predicted molar refractivity (Wildman–Crippen MR) is 219 cm³/mol. The van der Waals surface area contributed by atoms with E-state index in [1.54, 1.807) is 0 Å². The molecule has 8 rings (SSSR count). The molecule has 2 aliphatic carbocycles. The molecule has 2 nitrogen and oxygen atoms in total. The maximum atomic E-state index is 6.31. The van der Waals surface area contributed by atoms with Crippen molar-refractivity contribution in [2.75, 3.05) is 0 Å². The summed E-state index contributed by atoms with van der Waals surface area (Å²) in [7, 11) is 9.98. The SMILES string of the molecule is Cc1cc(C)cc(-c2cccc3c2C=C(c2ccc(C)o2)C3C[SiH]CC2C(c3ccc(C)o3)=Cc3c(-c4cc(C)cc(C)c4)cccc32)c1.[Cl][Zr][Cl]. The van der Waals surface area contributed by atoms with Crippen molar-refractivity contribution < 1.29 is 29.7 Å². The fraction of sp³-hybridized carbons (Fsp3) is 0.217. The predicted octanol–water partition coefficient (Wildman–Crippen LogP) is 13.7. The number of halogens is 2. The van der Waals surface area contributed by atoms with E-state index in [0.29, 0.717) is 11.8 Å². The summed E-state index contributed by atoms with van der Waals surface area (Å²) in [5.74, 6) is 4.53. The van der Waals surface area contributed by atoms with Gasteiger partial charge in [0.25, 0.3) is 0 Å². The first-order valence-electron chi connectivity index (χ1n) is 17.9. The fourth-order valence-corrected chi connectivity index (χ4v) is 10.2. The van der Waals surface area contributed by atoms with Gasteiger partial charge in [-0.15, -0.1) is 0 Å². The van der Waals surface area contributed by atoms with Crippen LogP contribution in [0.3, 0.4) is 0 Å². The van der Waals surface area contributed by atoms with Crippen molar-refractivity contribution >= 4 is 49.8 Å². The molecule has 2 atom stereocenters. The molecule has 0 aliphatic heterocycles. The summed E-state index contributed by atoms with van der Waals surface area (Å²) in [5, 5.41) is 0. The van der Waals surface area contributed by atoms with E-state index in [1.807, 2.05) is 13.8 Å². The van der Waals surface area contributed by atoms with Gasteiger partial charge in [0.15, 0.2) is 0 Å². The van der Waals surface area contributed by atoms with Crippen LogP contribution in [0.15, 0.2) is 106 Å². The second kappa shape index (κ2) is 15.9. The van der Waals surface area contributed by atoms with Gasteiger partial charge in [0.2, 0.25) is 0 Å². The Morgan fingerprint density at radius 1 is 0.538 bits per heavy atom. The molecule has 0 fully saturated rings. The van der Waals surface area contributed by atoms with Crippen molar-refractivity contribution in [1.82, 2.24) is 0 Å². The van der Waals surface area contributed by atoms with Gasteiger partial charge in [0.1, 0.15) is 23.0 Å². The molecule has 0 N–H and O–H groups in total. The number of rotatable bonds is 8. The molecule has 6 heteroatoms. The number of furan rings is 2. The standard InChI is InChI=1S/C46H43O2Si.2ClH.Zr/c1-27-17-28(2)20-33(19-27)35-9-7-11-37-39(35)23-41(45-15-13-31(5)47-45)43(37)25-49-26-44-38-12-8-10-36(34-21-29(3)18-30(4)22-34)40(38)24-42(44)46-16-14-32(6)48-46;;;/h7-24,43-44,49H,25-26H2,1-6H3;2*1H;/q;;;+2/p-2. The van der Waals surface area contributed by atoms with Gasteiger partial charge in [-0.05, 0) is 122 Å². The zero-order valence-corrected chi connectivity index (χ0v) is 35.7. The van der Waals surface area contributed by atoms with Crippen LogP contribution in [0.1, 0.15) is 79.4 Å². The number of allylic oxidation sites excluding steroid dienone is 2.